The van der Waals surface area contributed by atoms with Crippen molar-refractivity contribution in [2.24, 2.45) is 0 Å². The Balaban J connectivity index is 1.50. The number of halogens is 2. The number of nitrogens with zero attached hydrogens (tertiary/aromatic N) is 2. The molecule has 3 aromatic rings. The zero-order valence-corrected chi connectivity index (χ0v) is 16.9. The molecule has 0 saturated carbocycles. The van der Waals surface area contributed by atoms with Gasteiger partial charge in [0.25, 0.3) is 5.91 Å². The molecule has 1 aromatic heterocycles. The Morgan fingerprint density at radius 3 is 2.96 bits per heavy atom. The molecule has 2 aromatic carbocycles. The van der Waals surface area contributed by atoms with E-state index in [-0.39, 0.29) is 24.3 Å². The van der Waals surface area contributed by atoms with Gasteiger partial charge in [0, 0.05) is 11.0 Å². The Morgan fingerprint density at radius 1 is 1.30 bits per heavy atom. The van der Waals surface area contributed by atoms with Crippen LogP contribution in [0.5, 0.6) is 5.75 Å². The van der Waals surface area contributed by atoms with Crippen molar-refractivity contribution in [1.29, 1.82) is 0 Å². The molecule has 1 aliphatic heterocycles. The van der Waals surface area contributed by atoms with Crippen molar-refractivity contribution in [3.8, 4) is 5.75 Å². The highest BCUT2D eigenvalue weighted by Crippen LogP contribution is 2.35. The van der Waals surface area contributed by atoms with E-state index in [1.54, 1.807) is 17.4 Å². The first-order chi connectivity index (χ1) is 13.1. The molecule has 0 aliphatic carbocycles. The molecule has 27 heavy (non-hydrogen) atoms. The van der Waals surface area contributed by atoms with Crippen molar-refractivity contribution in [2.45, 2.75) is 25.3 Å². The van der Waals surface area contributed by atoms with E-state index >= 15 is 0 Å². The molecule has 1 aliphatic rings. The summed E-state index contributed by atoms with van der Waals surface area (Å²) in [6, 6.07) is 12.5. The van der Waals surface area contributed by atoms with Crippen LogP contribution >= 0.6 is 27.3 Å². The maximum absolute atomic E-state index is 13.9. The second-order valence-corrected chi connectivity index (χ2v) is 8.46. The number of hydrogen-bond acceptors (Lipinski definition) is 4. The minimum absolute atomic E-state index is 0.0398. The summed E-state index contributed by atoms with van der Waals surface area (Å²) >= 11 is 4.84. The molecule has 0 N–H and O–H groups in total. The largest absolute Gasteiger partial charge is 0.481 e. The number of benzene rings is 2. The first-order valence-corrected chi connectivity index (χ1v) is 10.5. The number of thiazole rings is 1. The summed E-state index contributed by atoms with van der Waals surface area (Å²) in [5.41, 5.74) is 0.962. The zero-order valence-electron chi connectivity index (χ0n) is 14.5. The highest BCUT2D eigenvalue weighted by atomic mass is 79.9. The SMILES string of the molecule is O=C(COc1ccc(Br)cc1F)N1CCCCC1c1nc2ccccc2s1. The van der Waals surface area contributed by atoms with Crippen LogP contribution in [-0.2, 0) is 4.79 Å². The van der Waals surface area contributed by atoms with Crippen molar-refractivity contribution in [2.75, 3.05) is 13.2 Å². The van der Waals surface area contributed by atoms with E-state index in [1.807, 2.05) is 29.2 Å². The lowest BCUT2D eigenvalue weighted by Gasteiger charge is -2.34. The molecular weight excluding hydrogens is 431 g/mol. The van der Waals surface area contributed by atoms with Crippen LogP contribution in [0.15, 0.2) is 46.9 Å². The average molecular weight is 449 g/mol. The number of likely N-dealkylation sites (tertiary alicyclic amines) is 1. The first-order valence-electron chi connectivity index (χ1n) is 8.84. The molecule has 1 fully saturated rings. The molecule has 0 bridgehead atoms. The number of para-hydroxylation sites is 1. The highest BCUT2D eigenvalue weighted by molar-refractivity contribution is 9.10. The van der Waals surface area contributed by atoms with Gasteiger partial charge in [-0.2, -0.15) is 0 Å². The Kier molecular flexibility index (Phi) is 5.41. The smallest absolute Gasteiger partial charge is 0.261 e. The maximum atomic E-state index is 13.9. The van der Waals surface area contributed by atoms with Crippen LogP contribution in [0.2, 0.25) is 0 Å². The maximum Gasteiger partial charge on any atom is 0.261 e. The van der Waals surface area contributed by atoms with Gasteiger partial charge in [-0.25, -0.2) is 9.37 Å². The van der Waals surface area contributed by atoms with Gasteiger partial charge < -0.3 is 9.64 Å². The third-order valence-corrected chi connectivity index (χ3v) is 6.29. The van der Waals surface area contributed by atoms with E-state index in [4.69, 9.17) is 9.72 Å². The molecule has 140 valence electrons. The summed E-state index contributed by atoms with van der Waals surface area (Å²) in [6.45, 7) is 0.492. The summed E-state index contributed by atoms with van der Waals surface area (Å²) in [5, 5.41) is 0.957. The molecule has 0 radical (unpaired) electrons. The van der Waals surface area contributed by atoms with E-state index in [0.717, 1.165) is 34.5 Å². The quantitative estimate of drug-likeness (QED) is 0.541. The van der Waals surface area contributed by atoms with Gasteiger partial charge in [0.2, 0.25) is 0 Å². The first kappa shape index (κ1) is 18.4. The third kappa shape index (κ3) is 3.99. The minimum atomic E-state index is -0.487. The lowest BCUT2D eigenvalue weighted by molar-refractivity contribution is -0.137. The van der Waals surface area contributed by atoms with Crippen molar-refractivity contribution in [3.63, 3.8) is 0 Å². The predicted molar refractivity (Wildman–Crippen MR) is 108 cm³/mol. The Hall–Kier alpha value is -1.99. The fraction of sp³-hybridized carbons (Fsp3) is 0.300. The number of amides is 1. The van der Waals surface area contributed by atoms with E-state index in [2.05, 4.69) is 15.9 Å². The summed E-state index contributed by atoms with van der Waals surface area (Å²) in [7, 11) is 0. The number of aromatic nitrogens is 1. The Labute approximate surface area is 169 Å². The summed E-state index contributed by atoms with van der Waals surface area (Å²) in [4.78, 5) is 19.4. The van der Waals surface area contributed by atoms with Crippen molar-refractivity contribution in [3.05, 3.63) is 57.8 Å². The monoisotopic (exact) mass is 448 g/mol. The van der Waals surface area contributed by atoms with Gasteiger partial charge in [-0.3, -0.25) is 4.79 Å². The van der Waals surface area contributed by atoms with Crippen LogP contribution in [0.25, 0.3) is 10.2 Å². The number of rotatable bonds is 4. The summed E-state index contributed by atoms with van der Waals surface area (Å²) in [5.74, 6) is -0.542. The number of carbonyl (C=O) groups excluding carboxylic acids is 1. The van der Waals surface area contributed by atoms with Gasteiger partial charge in [0.1, 0.15) is 5.01 Å². The van der Waals surface area contributed by atoms with Crippen molar-refractivity contribution >= 4 is 43.4 Å². The second-order valence-electron chi connectivity index (χ2n) is 6.48. The average Bonchev–Trinajstić information content (AvgIpc) is 3.11. The number of ether oxygens (including phenoxy) is 1. The molecule has 4 rings (SSSR count). The van der Waals surface area contributed by atoms with Gasteiger partial charge in [-0.1, -0.05) is 28.1 Å². The predicted octanol–water partition coefficient (Wildman–Crippen LogP) is 5.33. The van der Waals surface area contributed by atoms with Crippen LogP contribution in [0.1, 0.15) is 30.3 Å². The topological polar surface area (TPSA) is 42.4 Å². The number of carbonyl (C=O) groups is 1. The Morgan fingerprint density at radius 2 is 2.15 bits per heavy atom. The molecule has 4 nitrogen and oxygen atoms in total. The molecular formula is C20H18BrFN2O2S. The van der Waals surface area contributed by atoms with Crippen molar-refractivity contribution in [1.82, 2.24) is 9.88 Å². The fourth-order valence-corrected chi connectivity index (χ4v) is 4.78. The van der Waals surface area contributed by atoms with Gasteiger partial charge in [-0.05, 0) is 49.6 Å². The zero-order chi connectivity index (χ0) is 18.8. The van der Waals surface area contributed by atoms with Crippen LogP contribution in [-0.4, -0.2) is 28.9 Å². The lowest BCUT2D eigenvalue weighted by atomic mass is 10.0. The van der Waals surface area contributed by atoms with E-state index in [1.165, 1.54) is 12.1 Å². The second kappa shape index (κ2) is 7.94. The molecule has 1 saturated heterocycles. The highest BCUT2D eigenvalue weighted by Gasteiger charge is 2.30. The van der Waals surface area contributed by atoms with E-state index < -0.39 is 5.82 Å². The molecule has 1 amide bonds. The number of piperidine rings is 1. The van der Waals surface area contributed by atoms with Crippen molar-refractivity contribution < 1.29 is 13.9 Å². The van der Waals surface area contributed by atoms with Crippen LogP contribution in [0, 0.1) is 5.82 Å². The van der Waals surface area contributed by atoms with E-state index in [0.29, 0.717) is 11.0 Å². The third-order valence-electron chi connectivity index (χ3n) is 4.66. The molecule has 7 heteroatoms. The van der Waals surface area contributed by atoms with Gasteiger partial charge in [0.05, 0.1) is 16.3 Å². The minimum Gasteiger partial charge on any atom is -0.481 e. The fourth-order valence-electron chi connectivity index (χ4n) is 3.33. The summed E-state index contributed by atoms with van der Waals surface area (Å²) in [6.07, 6.45) is 2.91. The Bertz CT molecular complexity index is 945. The molecule has 0 spiro atoms. The van der Waals surface area contributed by atoms with Crippen LogP contribution < -0.4 is 4.74 Å². The van der Waals surface area contributed by atoms with Crippen LogP contribution in [0.4, 0.5) is 4.39 Å². The van der Waals surface area contributed by atoms with Crippen LogP contribution in [0.3, 0.4) is 0 Å². The van der Waals surface area contributed by atoms with Gasteiger partial charge in [-0.15, -0.1) is 11.3 Å². The standard InChI is InChI=1S/C20H18BrFN2O2S/c21-13-8-9-17(14(22)11-13)26-12-19(25)24-10-4-3-6-16(24)20-23-15-5-1-2-7-18(15)27-20/h1-2,5,7-9,11,16H,3-4,6,10,12H2. The molecule has 1 atom stereocenters. The summed E-state index contributed by atoms with van der Waals surface area (Å²) < 4.78 is 21.1. The van der Waals surface area contributed by atoms with Gasteiger partial charge in [0.15, 0.2) is 18.2 Å². The number of hydrogen-bond donors (Lipinski definition) is 0. The normalized spacial score (nSPS) is 17.3. The lowest BCUT2D eigenvalue weighted by Crippen LogP contribution is -2.41. The number of fused-ring (bicyclic) bond motifs is 1. The molecule has 2 heterocycles. The van der Waals surface area contributed by atoms with Gasteiger partial charge >= 0.3 is 0 Å². The molecule has 1 unspecified atom stereocenters. The van der Waals surface area contributed by atoms with E-state index in [9.17, 15) is 9.18 Å².